The molecule has 8 heteroatoms. The van der Waals surface area contributed by atoms with E-state index in [0.29, 0.717) is 11.0 Å². The summed E-state index contributed by atoms with van der Waals surface area (Å²) in [6.07, 6.45) is 2.94. The quantitative estimate of drug-likeness (QED) is 0.798. The SMILES string of the molecule is Cc1cccnc1NC(=O)CSc1ncnc(N)n1. The molecule has 7 nitrogen and oxygen atoms in total. The molecule has 0 saturated carbocycles. The van der Waals surface area contributed by atoms with Crippen molar-refractivity contribution < 1.29 is 4.79 Å². The standard InChI is InChI=1S/C11H12N6OS/c1-7-3-2-4-13-9(7)16-8(18)5-19-11-15-6-14-10(12)17-11/h2-4,6H,5H2,1H3,(H,13,16,18)(H2,12,14,15,17). The van der Waals surface area contributed by atoms with Crippen LogP contribution in [0.5, 0.6) is 0 Å². The lowest BCUT2D eigenvalue weighted by Gasteiger charge is -2.06. The maximum Gasteiger partial charge on any atom is 0.236 e. The largest absolute Gasteiger partial charge is 0.368 e. The average molecular weight is 276 g/mol. The molecule has 1 amide bonds. The monoisotopic (exact) mass is 276 g/mol. The molecule has 2 aromatic heterocycles. The number of aryl methyl sites for hydroxylation is 1. The van der Waals surface area contributed by atoms with Gasteiger partial charge in [0.25, 0.3) is 0 Å². The number of rotatable bonds is 4. The number of nitrogen functional groups attached to an aromatic ring is 1. The van der Waals surface area contributed by atoms with Crippen LogP contribution in [0.2, 0.25) is 0 Å². The number of hydrogen-bond acceptors (Lipinski definition) is 7. The van der Waals surface area contributed by atoms with Crippen molar-refractivity contribution in [1.82, 2.24) is 19.9 Å². The minimum absolute atomic E-state index is 0.137. The van der Waals surface area contributed by atoms with Gasteiger partial charge < -0.3 is 11.1 Å². The highest BCUT2D eigenvalue weighted by Crippen LogP contribution is 2.14. The van der Waals surface area contributed by atoms with Crippen molar-refractivity contribution in [3.63, 3.8) is 0 Å². The summed E-state index contributed by atoms with van der Waals surface area (Å²) in [5.74, 6) is 0.701. The van der Waals surface area contributed by atoms with E-state index < -0.39 is 0 Å². The summed E-state index contributed by atoms with van der Waals surface area (Å²) < 4.78 is 0. The molecule has 19 heavy (non-hydrogen) atoms. The van der Waals surface area contributed by atoms with Crippen LogP contribution in [0.3, 0.4) is 0 Å². The second kappa shape index (κ2) is 6.10. The van der Waals surface area contributed by atoms with Crippen LogP contribution in [0.25, 0.3) is 0 Å². The highest BCUT2D eigenvalue weighted by molar-refractivity contribution is 7.99. The molecule has 0 aliphatic carbocycles. The lowest BCUT2D eigenvalue weighted by atomic mass is 10.3. The molecule has 2 aromatic rings. The van der Waals surface area contributed by atoms with E-state index in [2.05, 4.69) is 25.3 Å². The average Bonchev–Trinajstić information content (AvgIpc) is 2.39. The second-order valence-electron chi connectivity index (χ2n) is 3.63. The van der Waals surface area contributed by atoms with E-state index in [4.69, 9.17) is 5.73 Å². The smallest absolute Gasteiger partial charge is 0.236 e. The number of nitrogens with two attached hydrogens (primary N) is 1. The fraction of sp³-hybridized carbons (Fsp3) is 0.182. The molecule has 98 valence electrons. The van der Waals surface area contributed by atoms with Gasteiger partial charge in [-0.05, 0) is 18.6 Å². The van der Waals surface area contributed by atoms with E-state index in [-0.39, 0.29) is 17.6 Å². The fourth-order valence-corrected chi connectivity index (χ4v) is 1.89. The Hall–Kier alpha value is -2.22. The molecule has 0 bridgehead atoms. The second-order valence-corrected chi connectivity index (χ2v) is 4.57. The molecule has 0 fully saturated rings. The van der Waals surface area contributed by atoms with Crippen LogP contribution in [0.4, 0.5) is 11.8 Å². The minimum Gasteiger partial charge on any atom is -0.368 e. The van der Waals surface area contributed by atoms with Gasteiger partial charge in [-0.15, -0.1) is 0 Å². The van der Waals surface area contributed by atoms with Crippen molar-refractivity contribution in [2.45, 2.75) is 12.1 Å². The molecular weight excluding hydrogens is 264 g/mol. The molecule has 2 heterocycles. The van der Waals surface area contributed by atoms with Crippen LogP contribution in [0.1, 0.15) is 5.56 Å². The number of carbonyl (C=O) groups is 1. The zero-order chi connectivity index (χ0) is 13.7. The number of nitrogens with zero attached hydrogens (tertiary/aromatic N) is 4. The van der Waals surface area contributed by atoms with Gasteiger partial charge in [0.2, 0.25) is 11.9 Å². The third kappa shape index (κ3) is 3.88. The molecule has 0 aromatic carbocycles. The number of aromatic nitrogens is 4. The summed E-state index contributed by atoms with van der Waals surface area (Å²) >= 11 is 1.19. The van der Waals surface area contributed by atoms with E-state index >= 15 is 0 Å². The van der Waals surface area contributed by atoms with Crippen LogP contribution in [-0.2, 0) is 4.79 Å². The summed E-state index contributed by atoms with van der Waals surface area (Å²) in [7, 11) is 0. The first kappa shape index (κ1) is 13.2. The predicted molar refractivity (Wildman–Crippen MR) is 72.6 cm³/mol. The molecule has 0 saturated heterocycles. The zero-order valence-corrected chi connectivity index (χ0v) is 11.0. The number of anilines is 2. The van der Waals surface area contributed by atoms with Crippen LogP contribution in [-0.4, -0.2) is 31.6 Å². The Balaban J connectivity index is 1.90. The molecule has 0 atom stereocenters. The van der Waals surface area contributed by atoms with Gasteiger partial charge in [0, 0.05) is 6.20 Å². The molecule has 0 aliphatic rings. The predicted octanol–water partition coefficient (Wildman–Crippen LogP) is 0.888. The molecule has 0 spiro atoms. The number of thioether (sulfide) groups is 1. The lowest BCUT2D eigenvalue weighted by molar-refractivity contribution is -0.113. The van der Waals surface area contributed by atoms with Crippen LogP contribution in [0, 0.1) is 6.92 Å². The van der Waals surface area contributed by atoms with Crippen molar-refractivity contribution in [1.29, 1.82) is 0 Å². The first-order valence-electron chi connectivity index (χ1n) is 5.44. The van der Waals surface area contributed by atoms with Crippen molar-refractivity contribution in [2.24, 2.45) is 0 Å². The van der Waals surface area contributed by atoms with Gasteiger partial charge in [0.1, 0.15) is 12.1 Å². The normalized spacial score (nSPS) is 10.2. The third-order valence-corrected chi connectivity index (χ3v) is 3.03. The van der Waals surface area contributed by atoms with Crippen molar-refractivity contribution in [2.75, 3.05) is 16.8 Å². The number of hydrogen-bond donors (Lipinski definition) is 2. The molecule has 0 unspecified atom stereocenters. The Morgan fingerprint density at radius 1 is 1.42 bits per heavy atom. The van der Waals surface area contributed by atoms with Crippen molar-refractivity contribution >= 4 is 29.4 Å². The van der Waals surface area contributed by atoms with Crippen LogP contribution < -0.4 is 11.1 Å². The van der Waals surface area contributed by atoms with Gasteiger partial charge in [-0.3, -0.25) is 4.79 Å². The van der Waals surface area contributed by atoms with Gasteiger partial charge in [-0.25, -0.2) is 15.0 Å². The number of amides is 1. The zero-order valence-electron chi connectivity index (χ0n) is 10.2. The van der Waals surface area contributed by atoms with E-state index in [1.54, 1.807) is 6.20 Å². The first-order chi connectivity index (χ1) is 9.15. The Labute approximate surface area is 114 Å². The van der Waals surface area contributed by atoms with Crippen LogP contribution >= 0.6 is 11.8 Å². The number of carbonyl (C=O) groups excluding carboxylic acids is 1. The summed E-state index contributed by atoms with van der Waals surface area (Å²) in [5.41, 5.74) is 6.33. The van der Waals surface area contributed by atoms with E-state index in [0.717, 1.165) is 5.56 Å². The number of nitrogens with one attached hydrogen (secondary N) is 1. The maximum absolute atomic E-state index is 11.7. The minimum atomic E-state index is -0.175. The van der Waals surface area contributed by atoms with E-state index in [1.165, 1.54) is 18.1 Å². The molecule has 0 radical (unpaired) electrons. The summed E-state index contributed by atoms with van der Waals surface area (Å²) in [4.78, 5) is 27.3. The van der Waals surface area contributed by atoms with Gasteiger partial charge in [-0.1, -0.05) is 17.8 Å². The number of pyridine rings is 1. The maximum atomic E-state index is 11.7. The highest BCUT2D eigenvalue weighted by Gasteiger charge is 2.07. The molecular formula is C11H12N6OS. The summed E-state index contributed by atoms with van der Waals surface area (Å²) in [6, 6.07) is 3.69. The molecule has 2 rings (SSSR count). The topological polar surface area (TPSA) is 107 Å². The Morgan fingerprint density at radius 2 is 2.26 bits per heavy atom. The molecule has 3 N–H and O–H groups in total. The van der Waals surface area contributed by atoms with Gasteiger partial charge in [0.15, 0.2) is 5.16 Å². The summed E-state index contributed by atoms with van der Waals surface area (Å²) in [6.45, 7) is 1.88. The van der Waals surface area contributed by atoms with E-state index in [9.17, 15) is 4.79 Å². The highest BCUT2D eigenvalue weighted by atomic mass is 32.2. The fourth-order valence-electron chi connectivity index (χ4n) is 1.28. The summed E-state index contributed by atoms with van der Waals surface area (Å²) in [5, 5.41) is 3.14. The Morgan fingerprint density at radius 3 is 3.00 bits per heavy atom. The molecule has 0 aliphatic heterocycles. The Kier molecular flexibility index (Phi) is 4.24. The van der Waals surface area contributed by atoms with Gasteiger partial charge >= 0.3 is 0 Å². The van der Waals surface area contributed by atoms with Crippen LogP contribution in [0.15, 0.2) is 29.8 Å². The van der Waals surface area contributed by atoms with Crippen molar-refractivity contribution in [3.8, 4) is 0 Å². The van der Waals surface area contributed by atoms with Crippen molar-refractivity contribution in [3.05, 3.63) is 30.2 Å². The van der Waals surface area contributed by atoms with Gasteiger partial charge in [-0.2, -0.15) is 4.98 Å². The Bertz CT molecular complexity index is 591. The first-order valence-corrected chi connectivity index (χ1v) is 6.42. The third-order valence-electron chi connectivity index (χ3n) is 2.17. The lowest BCUT2D eigenvalue weighted by Crippen LogP contribution is -2.16. The van der Waals surface area contributed by atoms with E-state index in [1.807, 2.05) is 19.1 Å². The van der Waals surface area contributed by atoms with Gasteiger partial charge in [0.05, 0.1) is 5.75 Å².